The van der Waals surface area contributed by atoms with Crippen LogP contribution in [-0.2, 0) is 62.5 Å². The Bertz CT molecular complexity index is 2340. The Morgan fingerprint density at radius 3 is 1.82 bits per heavy atom. The van der Waals surface area contributed by atoms with E-state index >= 15 is 0 Å². The summed E-state index contributed by atoms with van der Waals surface area (Å²) in [5.41, 5.74) is 11.0. The molecule has 0 radical (unpaired) electrons. The van der Waals surface area contributed by atoms with Crippen LogP contribution in [0.2, 0.25) is 0 Å². The van der Waals surface area contributed by atoms with Crippen molar-refractivity contribution in [2.45, 2.75) is 142 Å². The number of benzene rings is 1. The predicted octanol–water partition coefficient (Wildman–Crippen LogP) is -2.19. The number of nitrogens with zero attached hydrogens (tertiary/aromatic N) is 2. The third-order valence-corrected chi connectivity index (χ3v) is 12.1. The molecule has 412 valence electrons. The van der Waals surface area contributed by atoms with Gasteiger partial charge in [0.25, 0.3) is 5.91 Å². The molecule has 12 N–H and O–H groups in total. The molecule has 0 saturated carbocycles. The van der Waals surface area contributed by atoms with Crippen molar-refractivity contribution < 1.29 is 74.6 Å². The van der Waals surface area contributed by atoms with Crippen LogP contribution in [0.15, 0.2) is 29.3 Å². The van der Waals surface area contributed by atoms with E-state index in [1.54, 1.807) is 41.5 Å². The first-order valence-corrected chi connectivity index (χ1v) is 25.5. The van der Waals surface area contributed by atoms with Gasteiger partial charge in [-0.05, 0) is 74.1 Å². The first kappa shape index (κ1) is 61.4. The van der Waals surface area contributed by atoms with E-state index in [4.69, 9.17) is 25.1 Å². The Hall–Kier alpha value is -6.94. The van der Waals surface area contributed by atoms with Crippen LogP contribution in [0.25, 0.3) is 0 Å². The highest BCUT2D eigenvalue weighted by Crippen LogP contribution is 2.25. The topological polar surface area (TPSA) is 405 Å². The van der Waals surface area contributed by atoms with Gasteiger partial charge in [0.1, 0.15) is 54.6 Å². The third kappa shape index (κ3) is 20.2. The summed E-state index contributed by atoms with van der Waals surface area (Å²) in [5, 5.41) is 18.1. The maximum absolute atomic E-state index is 14.7. The van der Waals surface area contributed by atoms with Gasteiger partial charge >= 0.3 is 22.3 Å². The Balaban J connectivity index is 2.19. The fourth-order valence-corrected chi connectivity index (χ4v) is 8.39. The lowest BCUT2D eigenvalue weighted by Crippen LogP contribution is -2.61. The zero-order chi connectivity index (χ0) is 55.6. The lowest BCUT2D eigenvalue weighted by Gasteiger charge is -2.32. The standard InChI is InChI=1S/C46H71N11O16S/c1-23(2)19-33-41(63)51-31(11-9-10-17-50-46(47)48)39(61)56-37(25(5)6)45(67)57-21-30(73-74(68,69)70)20-35(57)43(65)52-32(16-18-49-38(60)28-12-14-29(15-13-28)72-27(8)59)40(62)55-36(24(3)4)44(66)54-34(42(64)53-33)22-71-26(7)58/h12-15,23-25,30-37H,9-11,16-22H2,1-8H3,(H,49,60)(H,51,63)(H,52,65)(H,53,64)(H,54,66)(H,55,62)(H,56,61)(H4,47,48,50)(H,68,69,70)/t30-,31-,32+,33-,34-,35+,36+,37+/m1/s1. The highest BCUT2D eigenvalue weighted by Gasteiger charge is 2.46. The van der Waals surface area contributed by atoms with Crippen LogP contribution in [0, 0.1) is 17.8 Å². The summed E-state index contributed by atoms with van der Waals surface area (Å²) in [6.45, 7) is 10.5. The highest BCUT2D eigenvalue weighted by molar-refractivity contribution is 7.80. The molecule has 2 heterocycles. The zero-order valence-electron chi connectivity index (χ0n) is 42.8. The summed E-state index contributed by atoms with van der Waals surface area (Å²) in [6.07, 6.45) is -1.92. The highest BCUT2D eigenvalue weighted by atomic mass is 32.3. The molecule has 2 saturated heterocycles. The predicted molar refractivity (Wildman–Crippen MR) is 263 cm³/mol. The summed E-state index contributed by atoms with van der Waals surface area (Å²) in [5.74, 6) is -10.5. The van der Waals surface area contributed by atoms with Gasteiger partial charge in [0.2, 0.25) is 41.4 Å². The van der Waals surface area contributed by atoms with Gasteiger partial charge in [0, 0.05) is 45.5 Å². The molecule has 8 atom stereocenters. The van der Waals surface area contributed by atoms with Gasteiger partial charge in [-0.3, -0.25) is 57.5 Å². The smallest absolute Gasteiger partial charge is 0.397 e. The van der Waals surface area contributed by atoms with Crippen LogP contribution in [0.4, 0.5) is 0 Å². The summed E-state index contributed by atoms with van der Waals surface area (Å²) >= 11 is 0. The number of nitrogens with two attached hydrogens (primary N) is 2. The number of ether oxygens (including phenoxy) is 2. The number of guanidine groups is 1. The number of amides is 8. The second-order valence-corrected chi connectivity index (χ2v) is 20.0. The maximum atomic E-state index is 14.7. The van der Waals surface area contributed by atoms with Gasteiger partial charge < -0.3 is 63.1 Å². The summed E-state index contributed by atoms with van der Waals surface area (Å²) in [6, 6.07) is -5.12. The van der Waals surface area contributed by atoms with Crippen molar-refractivity contribution in [2.75, 3.05) is 26.2 Å². The molecule has 0 bridgehead atoms. The molecule has 27 nitrogen and oxygen atoms in total. The average Bonchev–Trinajstić information content (AvgIpc) is 3.71. The molecule has 2 fully saturated rings. The molecular formula is C46H71N11O16S. The summed E-state index contributed by atoms with van der Waals surface area (Å²) in [7, 11) is -5.17. The number of nitrogens with one attached hydrogen (secondary N) is 7. The number of fused-ring (bicyclic) bond motifs is 1. The van der Waals surface area contributed by atoms with Gasteiger partial charge in [0.05, 0.1) is 6.10 Å². The van der Waals surface area contributed by atoms with E-state index in [1.165, 1.54) is 31.2 Å². The molecule has 2 aliphatic heterocycles. The average molecular weight is 1070 g/mol. The van der Waals surface area contributed by atoms with E-state index < -0.39 is 149 Å². The van der Waals surface area contributed by atoms with Crippen molar-refractivity contribution >= 4 is 75.6 Å². The van der Waals surface area contributed by atoms with E-state index in [1.807, 2.05) is 0 Å². The molecule has 1 aromatic rings. The number of hydrogen-bond donors (Lipinski definition) is 10. The van der Waals surface area contributed by atoms with Crippen LogP contribution in [-0.4, -0.2) is 158 Å². The van der Waals surface area contributed by atoms with Crippen LogP contribution < -0.4 is 53.4 Å². The first-order chi connectivity index (χ1) is 34.6. The molecule has 3 rings (SSSR count). The monoisotopic (exact) mass is 1070 g/mol. The van der Waals surface area contributed by atoms with E-state index in [-0.39, 0.29) is 62.0 Å². The van der Waals surface area contributed by atoms with Gasteiger partial charge in [-0.1, -0.05) is 41.5 Å². The first-order valence-electron chi connectivity index (χ1n) is 24.1. The van der Waals surface area contributed by atoms with E-state index in [0.29, 0.717) is 6.42 Å². The maximum Gasteiger partial charge on any atom is 0.397 e. The Labute approximate surface area is 429 Å². The minimum absolute atomic E-state index is 0.00318. The van der Waals surface area contributed by atoms with Gasteiger partial charge in [-0.25, -0.2) is 4.18 Å². The van der Waals surface area contributed by atoms with Crippen LogP contribution >= 0.6 is 0 Å². The molecule has 0 aromatic heterocycles. The number of esters is 2. The van der Waals surface area contributed by atoms with Crippen LogP contribution in [0.3, 0.4) is 0 Å². The van der Waals surface area contributed by atoms with Crippen LogP contribution in [0.5, 0.6) is 5.75 Å². The van der Waals surface area contributed by atoms with E-state index in [2.05, 4.69) is 42.2 Å². The fourth-order valence-electron chi connectivity index (χ4n) is 7.91. The zero-order valence-corrected chi connectivity index (χ0v) is 43.6. The second kappa shape index (κ2) is 28.5. The Kier molecular flexibility index (Phi) is 23.6. The van der Waals surface area contributed by atoms with Crippen LogP contribution in [0.1, 0.15) is 104 Å². The van der Waals surface area contributed by atoms with Crippen molar-refractivity contribution in [3.63, 3.8) is 0 Å². The minimum Gasteiger partial charge on any atom is -0.463 e. The number of carbonyl (C=O) groups is 10. The van der Waals surface area contributed by atoms with Crippen molar-refractivity contribution in [3.8, 4) is 5.75 Å². The molecule has 2 aliphatic rings. The lowest BCUT2D eigenvalue weighted by atomic mass is 9.99. The van der Waals surface area contributed by atoms with Gasteiger partial charge in [0.15, 0.2) is 5.96 Å². The van der Waals surface area contributed by atoms with E-state index in [0.717, 1.165) is 11.8 Å². The summed E-state index contributed by atoms with van der Waals surface area (Å²) in [4.78, 5) is 142. The molecule has 74 heavy (non-hydrogen) atoms. The quantitative estimate of drug-likeness (QED) is 0.0186. The number of rotatable bonds is 18. The molecule has 0 aliphatic carbocycles. The number of aliphatic imine (C=N–C) groups is 1. The molecule has 8 amide bonds. The van der Waals surface area contributed by atoms with Gasteiger partial charge in [-0.2, -0.15) is 8.42 Å². The molecular weight excluding hydrogens is 995 g/mol. The molecule has 0 unspecified atom stereocenters. The van der Waals surface area contributed by atoms with Crippen molar-refractivity contribution in [1.82, 2.24) is 42.1 Å². The molecule has 1 aromatic carbocycles. The fraction of sp³-hybridized carbons (Fsp3) is 0.630. The second-order valence-electron chi connectivity index (χ2n) is 19.0. The van der Waals surface area contributed by atoms with Crippen molar-refractivity contribution in [3.05, 3.63) is 29.8 Å². The Morgan fingerprint density at radius 1 is 0.730 bits per heavy atom. The van der Waals surface area contributed by atoms with Crippen molar-refractivity contribution in [2.24, 2.45) is 34.2 Å². The lowest BCUT2D eigenvalue weighted by molar-refractivity contribution is -0.145. The SMILES string of the molecule is CC(=O)OC[C@H]1NC(=O)[C@H](C(C)C)NC(=O)[C@H](CCNC(=O)c2ccc(OC(C)=O)cc2)NC(=O)[C@@H]2C[C@@H](OS(=O)(=O)O)CN2C(=O)[C@H](C(C)C)NC(=O)[C@@H](CCCCN=C(N)N)NC(=O)[C@@H](CC(C)C)NC1=O. The molecule has 28 heteroatoms. The normalized spacial score (nSPS) is 23.8. The third-order valence-electron chi connectivity index (χ3n) is 11.6. The number of hydrogen-bond acceptors (Lipinski definition) is 16. The van der Waals surface area contributed by atoms with E-state index in [9.17, 15) is 60.9 Å². The summed E-state index contributed by atoms with van der Waals surface area (Å²) < 4.78 is 48.5. The van der Waals surface area contributed by atoms with Crippen molar-refractivity contribution in [1.29, 1.82) is 0 Å². The van der Waals surface area contributed by atoms with Gasteiger partial charge in [-0.15, -0.1) is 0 Å². The number of carbonyl (C=O) groups excluding carboxylic acids is 10. The number of unbranched alkanes of at least 4 members (excludes halogenated alkanes) is 1. The minimum atomic E-state index is -5.17. The Morgan fingerprint density at radius 2 is 1.27 bits per heavy atom. The largest absolute Gasteiger partial charge is 0.463 e. The molecule has 0 spiro atoms.